The molecule has 2 fully saturated rings. The van der Waals surface area contributed by atoms with E-state index in [0.717, 1.165) is 25.7 Å². The summed E-state index contributed by atoms with van der Waals surface area (Å²) in [6, 6.07) is 0. The van der Waals surface area contributed by atoms with Gasteiger partial charge < -0.3 is 64.2 Å². The van der Waals surface area contributed by atoms with E-state index in [1.54, 1.807) is 0 Å². The van der Waals surface area contributed by atoms with Crippen LogP contribution in [0.3, 0.4) is 0 Å². The van der Waals surface area contributed by atoms with Crippen LogP contribution in [0.25, 0.3) is 0 Å². The van der Waals surface area contributed by atoms with E-state index in [1.807, 2.05) is 0 Å². The third kappa shape index (κ3) is 24.0. The molecule has 7 N–H and O–H groups in total. The number of aliphatic hydroxyl groups excluding tert-OH is 7. The first-order chi connectivity index (χ1) is 29.3. The first-order valence-electron chi connectivity index (χ1n) is 24.7. The van der Waals surface area contributed by atoms with Gasteiger partial charge in [-0.2, -0.15) is 0 Å². The van der Waals surface area contributed by atoms with Crippen LogP contribution in [0, 0.1) is 0 Å². The monoisotopic (exact) mass is 865 g/mol. The Bertz CT molecular complexity index is 945. The minimum absolute atomic E-state index is 0.0160. The molecule has 2 rings (SSSR count). The lowest BCUT2D eigenvalue weighted by atomic mass is 9.97. The number of rotatable bonds is 40. The van der Waals surface area contributed by atoms with Crippen molar-refractivity contribution < 1.29 is 64.2 Å². The molecule has 358 valence electrons. The molecular weight excluding hydrogens is 773 g/mol. The summed E-state index contributed by atoms with van der Waals surface area (Å²) in [5.74, 6) is 0. The van der Waals surface area contributed by atoms with Gasteiger partial charge in [-0.25, -0.2) is 0 Å². The molecule has 11 atom stereocenters. The molecule has 13 nitrogen and oxygen atoms in total. The van der Waals surface area contributed by atoms with Crippen molar-refractivity contribution in [3.63, 3.8) is 0 Å². The lowest BCUT2D eigenvalue weighted by Gasteiger charge is -2.46. The van der Waals surface area contributed by atoms with Crippen LogP contribution in [0.5, 0.6) is 0 Å². The van der Waals surface area contributed by atoms with Gasteiger partial charge in [-0.15, -0.1) is 0 Å². The minimum Gasteiger partial charge on any atom is -0.394 e. The highest BCUT2D eigenvalue weighted by Gasteiger charge is 2.50. The third-order valence-electron chi connectivity index (χ3n) is 12.2. The lowest BCUT2D eigenvalue weighted by Crippen LogP contribution is -2.64. The van der Waals surface area contributed by atoms with Gasteiger partial charge in [0.15, 0.2) is 12.6 Å². The average molecular weight is 865 g/mol. The van der Waals surface area contributed by atoms with Gasteiger partial charge in [0, 0.05) is 13.2 Å². The van der Waals surface area contributed by atoms with E-state index < -0.39 is 80.7 Å². The van der Waals surface area contributed by atoms with Crippen molar-refractivity contribution in [2.45, 2.75) is 261 Å². The summed E-state index contributed by atoms with van der Waals surface area (Å²) in [6.45, 7) is 4.70. The van der Waals surface area contributed by atoms with Crippen molar-refractivity contribution in [3.8, 4) is 0 Å². The fourth-order valence-electron chi connectivity index (χ4n) is 8.20. The fraction of sp³-hybridized carbons (Fsp3) is 1.00. The van der Waals surface area contributed by atoms with Crippen LogP contribution in [0.2, 0.25) is 0 Å². The van der Waals surface area contributed by atoms with E-state index in [9.17, 15) is 35.7 Å². The Morgan fingerprint density at radius 2 is 0.817 bits per heavy atom. The highest BCUT2D eigenvalue weighted by atomic mass is 16.7. The molecule has 0 radical (unpaired) electrons. The molecule has 60 heavy (non-hydrogen) atoms. The Morgan fingerprint density at radius 3 is 1.27 bits per heavy atom. The minimum atomic E-state index is -1.73. The van der Waals surface area contributed by atoms with Crippen molar-refractivity contribution >= 4 is 0 Å². The highest BCUT2D eigenvalue weighted by molar-refractivity contribution is 4.94. The van der Waals surface area contributed by atoms with Crippen LogP contribution >= 0.6 is 0 Å². The number of hydrogen-bond acceptors (Lipinski definition) is 13. The average Bonchev–Trinajstić information content (AvgIpc) is 3.25. The fourth-order valence-corrected chi connectivity index (χ4v) is 8.20. The molecule has 0 bridgehead atoms. The van der Waals surface area contributed by atoms with Crippen molar-refractivity contribution in [2.75, 3.05) is 39.6 Å². The zero-order valence-corrected chi connectivity index (χ0v) is 38.0. The van der Waals surface area contributed by atoms with Crippen LogP contribution < -0.4 is 0 Å². The molecule has 2 aliphatic rings. The quantitative estimate of drug-likeness (QED) is 0.0312. The highest BCUT2D eigenvalue weighted by Crippen LogP contribution is 2.30. The van der Waals surface area contributed by atoms with E-state index in [1.165, 1.54) is 154 Å². The summed E-state index contributed by atoms with van der Waals surface area (Å²) in [4.78, 5) is 0. The summed E-state index contributed by atoms with van der Waals surface area (Å²) < 4.78 is 35.1. The first-order valence-corrected chi connectivity index (χ1v) is 24.7. The summed E-state index contributed by atoms with van der Waals surface area (Å²) in [7, 11) is 0. The second-order valence-corrected chi connectivity index (χ2v) is 17.6. The molecular formula is C47H92O13. The summed E-state index contributed by atoms with van der Waals surface area (Å²) in [5.41, 5.74) is 0. The van der Waals surface area contributed by atoms with Crippen LogP contribution in [0.15, 0.2) is 0 Å². The van der Waals surface area contributed by atoms with Crippen LogP contribution in [0.1, 0.15) is 194 Å². The van der Waals surface area contributed by atoms with Gasteiger partial charge in [-0.3, -0.25) is 0 Å². The van der Waals surface area contributed by atoms with Crippen LogP contribution in [-0.2, 0) is 28.4 Å². The Kier molecular flexibility index (Phi) is 34.1. The van der Waals surface area contributed by atoms with E-state index in [2.05, 4.69) is 13.8 Å². The number of ether oxygens (including phenoxy) is 6. The van der Waals surface area contributed by atoms with Gasteiger partial charge in [0.2, 0.25) is 0 Å². The second-order valence-electron chi connectivity index (χ2n) is 17.6. The lowest BCUT2D eigenvalue weighted by molar-refractivity contribution is -0.360. The summed E-state index contributed by atoms with van der Waals surface area (Å²) in [6.07, 6.45) is 20.4. The molecule has 0 aromatic rings. The smallest absolute Gasteiger partial charge is 0.187 e. The molecule has 2 saturated heterocycles. The van der Waals surface area contributed by atoms with E-state index in [4.69, 9.17) is 28.4 Å². The maximum atomic E-state index is 11.0. The molecule has 1 unspecified atom stereocenters. The van der Waals surface area contributed by atoms with Crippen molar-refractivity contribution in [3.05, 3.63) is 0 Å². The normalized spacial score (nSPS) is 27.8. The Morgan fingerprint density at radius 1 is 0.417 bits per heavy atom. The maximum absolute atomic E-state index is 11.0. The molecule has 0 spiro atoms. The largest absolute Gasteiger partial charge is 0.394 e. The van der Waals surface area contributed by atoms with Crippen molar-refractivity contribution in [1.29, 1.82) is 0 Å². The molecule has 0 amide bonds. The van der Waals surface area contributed by atoms with Crippen molar-refractivity contribution in [2.24, 2.45) is 0 Å². The van der Waals surface area contributed by atoms with Crippen LogP contribution in [0.4, 0.5) is 0 Å². The summed E-state index contributed by atoms with van der Waals surface area (Å²) >= 11 is 0. The molecule has 0 aliphatic carbocycles. The maximum Gasteiger partial charge on any atom is 0.187 e. The van der Waals surface area contributed by atoms with Gasteiger partial charge in [0.05, 0.1) is 26.4 Å². The van der Waals surface area contributed by atoms with Gasteiger partial charge in [-0.1, -0.05) is 181 Å². The molecule has 2 heterocycles. The van der Waals surface area contributed by atoms with Gasteiger partial charge in [0.25, 0.3) is 0 Å². The zero-order valence-electron chi connectivity index (χ0n) is 38.0. The zero-order chi connectivity index (χ0) is 43.6. The number of hydrogen-bond donors (Lipinski definition) is 7. The van der Waals surface area contributed by atoms with Crippen LogP contribution in [-0.4, -0.2) is 143 Å². The Hall–Kier alpha value is -0.520. The number of unbranched alkanes of at least 4 members (excludes halogenated alkanes) is 26. The topological polar surface area (TPSA) is 197 Å². The van der Waals surface area contributed by atoms with Crippen molar-refractivity contribution in [1.82, 2.24) is 0 Å². The third-order valence-corrected chi connectivity index (χ3v) is 12.2. The Labute approximate surface area is 364 Å². The molecule has 0 aromatic heterocycles. The second kappa shape index (κ2) is 36.8. The van der Waals surface area contributed by atoms with E-state index in [0.29, 0.717) is 19.8 Å². The van der Waals surface area contributed by atoms with E-state index >= 15 is 0 Å². The first kappa shape index (κ1) is 55.6. The summed E-state index contributed by atoms with van der Waals surface area (Å²) in [5, 5.41) is 72.4. The van der Waals surface area contributed by atoms with Gasteiger partial charge >= 0.3 is 0 Å². The van der Waals surface area contributed by atoms with Gasteiger partial charge in [-0.05, 0) is 12.8 Å². The van der Waals surface area contributed by atoms with E-state index in [-0.39, 0.29) is 6.61 Å². The number of aliphatic hydroxyl groups is 7. The molecule has 13 heteroatoms. The molecule has 2 aliphatic heterocycles. The standard InChI is InChI=1S/C47H92O13/c1-3-5-7-9-11-13-15-17-19-21-23-25-27-29-31-55-35-37(56-32-30-28-26-24-22-20-18-16-14-12-10-8-6-4-2)36-57-46-44(54)42(52)45(39(34-49)59-46)60-47-43(53)41(51)40(50)38(33-48)58-47/h37-54H,3-36H2,1-2H3/t37?,38-,39-,40-,41+,42-,43-,44-,45-,46-,47-/m1/s1. The molecule has 0 saturated carbocycles. The Balaban J connectivity index is 1.75. The SMILES string of the molecule is CCCCCCCCCCCCCCCCOCC(CO[C@@H]1O[C@H](CO)[C@@H](O[C@H]2O[C@H](CO)[C@@H](O)[C@H](O)[C@H]2O)[C@H](O)[C@H]1O)OCCCCCCCCCCCCCCCC. The molecule has 0 aromatic carbocycles. The predicted octanol–water partition coefficient (Wildman–Crippen LogP) is 6.99. The predicted molar refractivity (Wildman–Crippen MR) is 234 cm³/mol. The van der Waals surface area contributed by atoms with Gasteiger partial charge in [0.1, 0.15) is 54.9 Å².